The molecule has 0 saturated heterocycles. The zero-order chi connectivity index (χ0) is 11.6. The molecule has 0 aliphatic heterocycles. The highest BCUT2D eigenvalue weighted by atomic mass is 15.0. The number of hydrogen-bond acceptors (Lipinski definition) is 3. The number of aromatic nitrogens is 2. The van der Waals surface area contributed by atoms with Crippen molar-refractivity contribution in [3.8, 4) is 0 Å². The molecule has 2 unspecified atom stereocenters. The first-order valence-electron chi connectivity index (χ1n) is 6.08. The molecule has 1 heterocycles. The molecule has 16 heavy (non-hydrogen) atoms. The van der Waals surface area contributed by atoms with Crippen LogP contribution >= 0.6 is 0 Å². The van der Waals surface area contributed by atoms with Gasteiger partial charge in [-0.3, -0.25) is 0 Å². The van der Waals surface area contributed by atoms with E-state index in [9.17, 15) is 0 Å². The molecule has 1 fully saturated rings. The predicted molar refractivity (Wildman–Crippen MR) is 66.2 cm³/mol. The molecule has 3 nitrogen and oxygen atoms in total. The van der Waals surface area contributed by atoms with E-state index in [0.29, 0.717) is 17.4 Å². The van der Waals surface area contributed by atoms with Crippen molar-refractivity contribution >= 4 is 5.69 Å². The van der Waals surface area contributed by atoms with E-state index < -0.39 is 0 Å². The summed E-state index contributed by atoms with van der Waals surface area (Å²) in [4.78, 5) is 8.06. The molecule has 2 rings (SSSR count). The number of hydrogen-bond donors (Lipinski definition) is 1. The molecule has 0 spiro atoms. The lowest BCUT2D eigenvalue weighted by Gasteiger charge is -2.39. The second kappa shape index (κ2) is 4.40. The van der Waals surface area contributed by atoms with Crippen LogP contribution in [0.1, 0.15) is 40.0 Å². The number of nitrogens with zero attached hydrogens (tertiary/aromatic N) is 2. The summed E-state index contributed by atoms with van der Waals surface area (Å²) in [6, 6.07) is 0.569. The highest BCUT2D eigenvalue weighted by Crippen LogP contribution is 2.39. The van der Waals surface area contributed by atoms with Gasteiger partial charge in [0.15, 0.2) is 0 Å². The van der Waals surface area contributed by atoms with E-state index in [4.69, 9.17) is 0 Å². The zero-order valence-electron chi connectivity index (χ0n) is 10.4. The molecular weight excluding hydrogens is 198 g/mol. The van der Waals surface area contributed by atoms with Gasteiger partial charge in [0.1, 0.15) is 6.33 Å². The summed E-state index contributed by atoms with van der Waals surface area (Å²) in [6.07, 6.45) is 9.08. The van der Waals surface area contributed by atoms with E-state index in [0.717, 1.165) is 5.69 Å². The third kappa shape index (κ3) is 2.71. The van der Waals surface area contributed by atoms with Gasteiger partial charge in [-0.25, -0.2) is 9.97 Å². The first kappa shape index (κ1) is 11.4. The van der Waals surface area contributed by atoms with Gasteiger partial charge in [-0.05, 0) is 30.6 Å². The fraction of sp³-hybridized carbons (Fsp3) is 0.692. The number of anilines is 1. The monoisotopic (exact) mass is 219 g/mol. The van der Waals surface area contributed by atoms with Crippen LogP contribution in [0.25, 0.3) is 0 Å². The predicted octanol–water partition coefficient (Wildman–Crippen LogP) is 3.10. The Bertz CT molecular complexity index is 334. The van der Waals surface area contributed by atoms with E-state index in [-0.39, 0.29) is 0 Å². The maximum Gasteiger partial charge on any atom is 0.115 e. The lowest BCUT2D eigenvalue weighted by Crippen LogP contribution is -2.36. The van der Waals surface area contributed by atoms with Crippen LogP contribution in [0.4, 0.5) is 5.69 Å². The molecular formula is C13H21N3. The Kier molecular flexibility index (Phi) is 3.13. The Morgan fingerprint density at radius 3 is 2.62 bits per heavy atom. The quantitative estimate of drug-likeness (QED) is 0.830. The maximum atomic E-state index is 4.03. The molecule has 1 saturated carbocycles. The van der Waals surface area contributed by atoms with Gasteiger partial charge in [0.2, 0.25) is 0 Å². The van der Waals surface area contributed by atoms with Crippen molar-refractivity contribution in [1.82, 2.24) is 9.97 Å². The smallest absolute Gasteiger partial charge is 0.115 e. The molecule has 2 atom stereocenters. The van der Waals surface area contributed by atoms with Crippen molar-refractivity contribution in [2.75, 3.05) is 5.32 Å². The van der Waals surface area contributed by atoms with Gasteiger partial charge in [0.05, 0.1) is 18.1 Å². The van der Waals surface area contributed by atoms with E-state index >= 15 is 0 Å². The van der Waals surface area contributed by atoms with Gasteiger partial charge in [-0.2, -0.15) is 0 Å². The van der Waals surface area contributed by atoms with Gasteiger partial charge in [-0.15, -0.1) is 0 Å². The molecule has 0 bridgehead atoms. The Hall–Kier alpha value is -1.12. The van der Waals surface area contributed by atoms with Crippen LogP contribution in [0.5, 0.6) is 0 Å². The van der Waals surface area contributed by atoms with Crippen LogP contribution in [0.3, 0.4) is 0 Å². The van der Waals surface area contributed by atoms with Gasteiger partial charge in [-0.1, -0.05) is 20.8 Å². The van der Waals surface area contributed by atoms with Crippen LogP contribution in [-0.2, 0) is 0 Å². The summed E-state index contributed by atoms with van der Waals surface area (Å²) in [5.41, 5.74) is 1.55. The SMILES string of the molecule is CC1CC(C)(C)CCC1Nc1cncnc1. The standard InChI is InChI=1S/C13H21N3/c1-10-6-13(2,3)5-4-12(10)16-11-7-14-9-15-8-11/h7-10,12,16H,4-6H2,1-3H3. The minimum atomic E-state index is 0.505. The highest BCUT2D eigenvalue weighted by Gasteiger charge is 2.32. The summed E-state index contributed by atoms with van der Waals surface area (Å²) in [7, 11) is 0. The average Bonchev–Trinajstić information content (AvgIpc) is 2.23. The summed E-state index contributed by atoms with van der Waals surface area (Å²) in [5.74, 6) is 0.712. The van der Waals surface area contributed by atoms with Crippen LogP contribution in [-0.4, -0.2) is 16.0 Å². The highest BCUT2D eigenvalue weighted by molar-refractivity contribution is 5.38. The number of rotatable bonds is 2. The van der Waals surface area contributed by atoms with E-state index in [1.54, 1.807) is 6.33 Å². The van der Waals surface area contributed by atoms with E-state index in [1.807, 2.05) is 12.4 Å². The van der Waals surface area contributed by atoms with Crippen LogP contribution in [0.15, 0.2) is 18.7 Å². The molecule has 0 amide bonds. The molecule has 0 radical (unpaired) electrons. The molecule has 3 heteroatoms. The first-order chi connectivity index (χ1) is 7.57. The molecule has 1 aliphatic rings. The largest absolute Gasteiger partial charge is 0.380 e. The van der Waals surface area contributed by atoms with E-state index in [1.165, 1.54) is 19.3 Å². The Morgan fingerprint density at radius 1 is 1.31 bits per heavy atom. The van der Waals surface area contributed by atoms with E-state index in [2.05, 4.69) is 36.1 Å². The normalized spacial score (nSPS) is 28.7. The lowest BCUT2D eigenvalue weighted by molar-refractivity contribution is 0.177. The minimum Gasteiger partial charge on any atom is -0.380 e. The maximum absolute atomic E-state index is 4.03. The summed E-state index contributed by atoms with van der Waals surface area (Å²) >= 11 is 0. The molecule has 0 aromatic carbocycles. The van der Waals surface area contributed by atoms with Crippen molar-refractivity contribution < 1.29 is 0 Å². The van der Waals surface area contributed by atoms with Crippen molar-refractivity contribution in [2.45, 2.75) is 46.1 Å². The topological polar surface area (TPSA) is 37.8 Å². The summed E-state index contributed by atoms with van der Waals surface area (Å²) in [5, 5.41) is 3.54. The molecule has 1 aromatic heterocycles. The molecule has 1 aromatic rings. The molecule has 88 valence electrons. The first-order valence-corrected chi connectivity index (χ1v) is 6.08. The van der Waals surface area contributed by atoms with Gasteiger partial charge in [0, 0.05) is 6.04 Å². The number of nitrogens with one attached hydrogen (secondary N) is 1. The Labute approximate surface area is 97.7 Å². The second-order valence-electron chi connectivity index (χ2n) is 5.76. The second-order valence-corrected chi connectivity index (χ2v) is 5.76. The fourth-order valence-corrected chi connectivity index (χ4v) is 2.75. The van der Waals surface area contributed by atoms with Crippen LogP contribution < -0.4 is 5.32 Å². The van der Waals surface area contributed by atoms with Crippen molar-refractivity contribution in [3.63, 3.8) is 0 Å². The molecule has 1 aliphatic carbocycles. The Balaban J connectivity index is 1.97. The van der Waals surface area contributed by atoms with Gasteiger partial charge in [0.25, 0.3) is 0 Å². The van der Waals surface area contributed by atoms with Gasteiger partial charge < -0.3 is 5.32 Å². The third-order valence-electron chi connectivity index (χ3n) is 3.61. The zero-order valence-corrected chi connectivity index (χ0v) is 10.4. The van der Waals surface area contributed by atoms with Gasteiger partial charge >= 0.3 is 0 Å². The van der Waals surface area contributed by atoms with Crippen LogP contribution in [0.2, 0.25) is 0 Å². The fourth-order valence-electron chi connectivity index (χ4n) is 2.75. The third-order valence-corrected chi connectivity index (χ3v) is 3.61. The summed E-state index contributed by atoms with van der Waals surface area (Å²) < 4.78 is 0. The average molecular weight is 219 g/mol. The van der Waals surface area contributed by atoms with Crippen molar-refractivity contribution in [2.24, 2.45) is 11.3 Å². The summed E-state index contributed by atoms with van der Waals surface area (Å²) in [6.45, 7) is 7.07. The lowest BCUT2D eigenvalue weighted by atomic mass is 9.70. The van der Waals surface area contributed by atoms with Crippen molar-refractivity contribution in [1.29, 1.82) is 0 Å². The molecule has 1 N–H and O–H groups in total. The minimum absolute atomic E-state index is 0.505. The Morgan fingerprint density at radius 2 is 2.00 bits per heavy atom. The van der Waals surface area contributed by atoms with Crippen molar-refractivity contribution in [3.05, 3.63) is 18.7 Å². The van der Waals surface area contributed by atoms with Crippen LogP contribution in [0, 0.1) is 11.3 Å².